The molecule has 3 nitrogen and oxygen atoms in total. The van der Waals surface area contributed by atoms with Crippen molar-refractivity contribution in [3.8, 4) is 5.75 Å². The zero-order valence-corrected chi connectivity index (χ0v) is 15.9. The Hall–Kier alpha value is -1.56. The standard InChI is InChI=1S/C19H27F2NO2S/c1-5-14-7-8-15(12-16(14)18(20)21)24-17(11-13(2)3)19(23)22-9-6-10-25-4/h5,7-8,12-13,17-18H,1,6,9-11H2,2-4H3,(H,22,23). The lowest BCUT2D eigenvalue weighted by Crippen LogP contribution is -2.39. The van der Waals surface area contributed by atoms with Crippen molar-refractivity contribution in [3.05, 3.63) is 35.9 Å². The molecule has 6 heteroatoms. The van der Waals surface area contributed by atoms with Crippen LogP contribution in [-0.2, 0) is 4.79 Å². The van der Waals surface area contributed by atoms with Gasteiger partial charge in [0.25, 0.3) is 12.3 Å². The third kappa shape index (κ3) is 7.46. The number of carbonyl (C=O) groups excluding carboxylic acids is 1. The van der Waals surface area contributed by atoms with Gasteiger partial charge in [0.05, 0.1) is 0 Å². The number of nitrogens with one attached hydrogen (secondary N) is 1. The molecule has 0 spiro atoms. The summed E-state index contributed by atoms with van der Waals surface area (Å²) in [7, 11) is 0. The molecule has 140 valence electrons. The van der Waals surface area contributed by atoms with Gasteiger partial charge in [-0.3, -0.25) is 4.79 Å². The molecule has 0 saturated heterocycles. The second-order valence-electron chi connectivity index (χ2n) is 6.17. The molecule has 0 bridgehead atoms. The topological polar surface area (TPSA) is 38.3 Å². The summed E-state index contributed by atoms with van der Waals surface area (Å²) >= 11 is 1.72. The van der Waals surface area contributed by atoms with Gasteiger partial charge < -0.3 is 10.1 Å². The normalized spacial score (nSPS) is 12.3. The molecule has 1 aromatic rings. The first-order chi connectivity index (χ1) is 11.9. The van der Waals surface area contributed by atoms with Crippen molar-refractivity contribution in [3.63, 3.8) is 0 Å². The SMILES string of the molecule is C=Cc1ccc(OC(CC(C)C)C(=O)NCCCSC)cc1C(F)F. The first kappa shape index (κ1) is 21.5. The minimum atomic E-state index is -2.62. The van der Waals surface area contributed by atoms with Gasteiger partial charge in [0.2, 0.25) is 0 Å². The highest BCUT2D eigenvalue weighted by atomic mass is 32.2. The molecule has 0 aliphatic heterocycles. The molecule has 25 heavy (non-hydrogen) atoms. The number of thioether (sulfide) groups is 1. The summed E-state index contributed by atoms with van der Waals surface area (Å²) in [6, 6.07) is 4.42. The number of alkyl halides is 2. The largest absolute Gasteiger partial charge is 0.481 e. The molecule has 0 radical (unpaired) electrons. The molecule has 0 fully saturated rings. The Labute approximate surface area is 153 Å². The quantitative estimate of drug-likeness (QED) is 0.561. The molecule has 1 amide bonds. The van der Waals surface area contributed by atoms with Gasteiger partial charge in [-0.1, -0.05) is 32.6 Å². The highest BCUT2D eigenvalue weighted by Gasteiger charge is 2.22. The Morgan fingerprint density at radius 1 is 1.40 bits per heavy atom. The molecular weight excluding hydrogens is 344 g/mol. The van der Waals surface area contributed by atoms with Crippen molar-refractivity contribution in [2.75, 3.05) is 18.6 Å². The number of carbonyl (C=O) groups is 1. The highest BCUT2D eigenvalue weighted by Crippen LogP contribution is 2.29. The number of amides is 1. The molecule has 1 N–H and O–H groups in total. The van der Waals surface area contributed by atoms with Crippen molar-refractivity contribution in [1.82, 2.24) is 5.32 Å². The van der Waals surface area contributed by atoms with Gasteiger partial charge in [-0.05, 0) is 48.5 Å². The van der Waals surface area contributed by atoms with Gasteiger partial charge in [0, 0.05) is 12.1 Å². The summed E-state index contributed by atoms with van der Waals surface area (Å²) in [5.74, 6) is 1.27. The molecule has 1 unspecified atom stereocenters. The molecule has 0 saturated carbocycles. The van der Waals surface area contributed by atoms with Gasteiger partial charge in [-0.25, -0.2) is 8.78 Å². The molecule has 1 aromatic carbocycles. The third-order valence-corrected chi connectivity index (χ3v) is 4.29. The summed E-state index contributed by atoms with van der Waals surface area (Å²) < 4.78 is 32.1. The second kappa shape index (κ2) is 11.1. The first-order valence-electron chi connectivity index (χ1n) is 8.36. The van der Waals surface area contributed by atoms with Gasteiger partial charge in [-0.2, -0.15) is 11.8 Å². The fourth-order valence-electron chi connectivity index (χ4n) is 2.34. The molecule has 1 rings (SSSR count). The third-order valence-electron chi connectivity index (χ3n) is 3.59. The van der Waals surface area contributed by atoms with Gasteiger partial charge >= 0.3 is 0 Å². The lowest BCUT2D eigenvalue weighted by atomic mass is 10.0. The number of rotatable bonds is 11. The summed E-state index contributed by atoms with van der Waals surface area (Å²) in [6.45, 7) is 8.10. The van der Waals surface area contributed by atoms with E-state index in [4.69, 9.17) is 4.74 Å². The van der Waals surface area contributed by atoms with Crippen LogP contribution in [0.4, 0.5) is 8.78 Å². The van der Waals surface area contributed by atoms with Crippen molar-refractivity contribution >= 4 is 23.7 Å². The summed E-state index contributed by atoms with van der Waals surface area (Å²) in [4.78, 5) is 12.4. The molecular formula is C19H27F2NO2S. The molecule has 0 heterocycles. The predicted octanol–water partition coefficient (Wildman–Crippen LogP) is 4.93. The minimum absolute atomic E-state index is 0.142. The Balaban J connectivity index is 2.85. The molecule has 0 aliphatic carbocycles. The maximum atomic E-state index is 13.2. The van der Waals surface area contributed by atoms with E-state index < -0.39 is 12.5 Å². The lowest BCUT2D eigenvalue weighted by molar-refractivity contribution is -0.128. The molecule has 1 atom stereocenters. The van der Waals surface area contributed by atoms with Crippen molar-refractivity contribution in [1.29, 1.82) is 0 Å². The Morgan fingerprint density at radius 3 is 2.68 bits per heavy atom. The Kier molecular flexibility index (Phi) is 9.57. The van der Waals surface area contributed by atoms with E-state index in [1.165, 1.54) is 18.2 Å². The molecule has 0 aliphatic rings. The zero-order valence-electron chi connectivity index (χ0n) is 15.1. The van der Waals surface area contributed by atoms with Crippen LogP contribution in [0.25, 0.3) is 6.08 Å². The van der Waals surface area contributed by atoms with Gasteiger partial charge in [0.1, 0.15) is 5.75 Å². The van der Waals surface area contributed by atoms with Crippen LogP contribution >= 0.6 is 11.8 Å². The van der Waals surface area contributed by atoms with Crippen LogP contribution in [-0.4, -0.2) is 30.6 Å². The number of ether oxygens (including phenoxy) is 1. The Morgan fingerprint density at radius 2 is 2.12 bits per heavy atom. The van der Waals surface area contributed by atoms with Crippen LogP contribution in [0.2, 0.25) is 0 Å². The maximum absolute atomic E-state index is 13.2. The van der Waals surface area contributed by atoms with E-state index in [9.17, 15) is 13.6 Å². The first-order valence-corrected chi connectivity index (χ1v) is 9.76. The van der Waals surface area contributed by atoms with Crippen molar-refractivity contribution < 1.29 is 18.3 Å². The van der Waals surface area contributed by atoms with Crippen LogP contribution in [0.15, 0.2) is 24.8 Å². The van der Waals surface area contributed by atoms with Crippen LogP contribution < -0.4 is 10.1 Å². The van der Waals surface area contributed by atoms with E-state index in [1.54, 1.807) is 17.8 Å². The second-order valence-corrected chi connectivity index (χ2v) is 7.15. The van der Waals surface area contributed by atoms with E-state index in [0.717, 1.165) is 12.2 Å². The maximum Gasteiger partial charge on any atom is 0.264 e. The van der Waals surface area contributed by atoms with Crippen LogP contribution in [0.3, 0.4) is 0 Å². The zero-order chi connectivity index (χ0) is 18.8. The summed E-state index contributed by atoms with van der Waals surface area (Å²) in [5, 5.41) is 2.86. The van der Waals surface area contributed by atoms with Crippen molar-refractivity contribution in [2.24, 2.45) is 5.92 Å². The number of hydrogen-bond donors (Lipinski definition) is 1. The fourth-order valence-corrected chi connectivity index (χ4v) is 2.78. The van der Waals surface area contributed by atoms with E-state index in [0.29, 0.717) is 18.5 Å². The van der Waals surface area contributed by atoms with E-state index >= 15 is 0 Å². The van der Waals surface area contributed by atoms with Crippen LogP contribution in [0.5, 0.6) is 5.75 Å². The number of benzene rings is 1. The van der Waals surface area contributed by atoms with E-state index in [2.05, 4.69) is 11.9 Å². The number of hydrogen-bond acceptors (Lipinski definition) is 3. The lowest BCUT2D eigenvalue weighted by Gasteiger charge is -2.21. The smallest absolute Gasteiger partial charge is 0.264 e. The fraction of sp³-hybridized carbons (Fsp3) is 0.526. The van der Waals surface area contributed by atoms with Crippen molar-refractivity contribution in [2.45, 2.75) is 39.2 Å². The van der Waals surface area contributed by atoms with E-state index in [1.807, 2.05) is 20.1 Å². The molecule has 0 aromatic heterocycles. The van der Waals surface area contributed by atoms with Crippen LogP contribution in [0.1, 0.15) is 44.2 Å². The highest BCUT2D eigenvalue weighted by molar-refractivity contribution is 7.98. The average Bonchev–Trinajstić information content (AvgIpc) is 2.57. The summed E-state index contributed by atoms with van der Waals surface area (Å²) in [6.07, 6.45) is 1.47. The van der Waals surface area contributed by atoms with Gasteiger partial charge in [-0.15, -0.1) is 0 Å². The number of halogens is 2. The average molecular weight is 371 g/mol. The van der Waals surface area contributed by atoms with E-state index in [-0.39, 0.29) is 23.1 Å². The predicted molar refractivity (Wildman–Crippen MR) is 101 cm³/mol. The Bertz CT molecular complexity index is 564. The minimum Gasteiger partial charge on any atom is -0.481 e. The van der Waals surface area contributed by atoms with Crippen LogP contribution in [0, 0.1) is 5.92 Å². The summed E-state index contributed by atoms with van der Waals surface area (Å²) in [5.41, 5.74) is 0.223. The van der Waals surface area contributed by atoms with Gasteiger partial charge in [0.15, 0.2) is 6.10 Å². The monoisotopic (exact) mass is 371 g/mol.